The molecule has 0 amide bonds. The largest absolute Gasteiger partial charge is 0.491 e. The molecule has 1 fully saturated rings. The lowest BCUT2D eigenvalue weighted by atomic mass is 10.0. The first-order valence-corrected chi connectivity index (χ1v) is 12.3. The summed E-state index contributed by atoms with van der Waals surface area (Å²) in [7, 11) is 3.06. The number of rotatable bonds is 2. The number of H-pyrrole nitrogens is 1. The van der Waals surface area contributed by atoms with Crippen LogP contribution in [-0.4, -0.2) is 31.8 Å². The third kappa shape index (κ3) is 7.33. The molecule has 0 spiro atoms. The number of nitrogens with one attached hydrogen (secondary N) is 1. The number of nitrogens with two attached hydrogens (primary N) is 2. The smallest absolute Gasteiger partial charge is 0.423 e. The van der Waals surface area contributed by atoms with Crippen LogP contribution in [0.3, 0.4) is 0 Å². The Morgan fingerprint density at radius 2 is 1.65 bits per heavy atom. The van der Waals surface area contributed by atoms with Gasteiger partial charge in [-0.3, -0.25) is 9.59 Å². The van der Waals surface area contributed by atoms with E-state index in [4.69, 9.17) is 16.2 Å². The second-order valence-electron chi connectivity index (χ2n) is 8.95. The SMILES string of the molecule is C1CCCCC1.COc1cnc(-c2cc3ccn(C)c(=O)c3cc2F)nc1N.Nc1cn[nH]c(=O)c1C(F)(F)F. The van der Waals surface area contributed by atoms with E-state index in [2.05, 4.69) is 15.1 Å². The second-order valence-corrected chi connectivity index (χ2v) is 8.95. The molecule has 3 aromatic heterocycles. The zero-order chi connectivity index (χ0) is 29.4. The van der Waals surface area contributed by atoms with Crippen molar-refractivity contribution in [1.29, 1.82) is 0 Å². The molecule has 40 heavy (non-hydrogen) atoms. The number of ether oxygens (including phenoxy) is 1. The van der Waals surface area contributed by atoms with Gasteiger partial charge in [-0.15, -0.1) is 0 Å². The summed E-state index contributed by atoms with van der Waals surface area (Å²) >= 11 is 0. The van der Waals surface area contributed by atoms with Crippen molar-refractivity contribution in [3.8, 4) is 17.1 Å². The number of hydrogen-bond donors (Lipinski definition) is 3. The van der Waals surface area contributed by atoms with Crippen molar-refractivity contribution in [3.63, 3.8) is 0 Å². The lowest BCUT2D eigenvalue weighted by Gasteiger charge is -2.08. The highest BCUT2D eigenvalue weighted by atomic mass is 19.4. The molecule has 0 radical (unpaired) electrons. The van der Waals surface area contributed by atoms with Crippen molar-refractivity contribution in [2.45, 2.75) is 44.7 Å². The number of pyridine rings is 1. The summed E-state index contributed by atoms with van der Waals surface area (Å²) in [5.74, 6) is -0.00599. The fourth-order valence-corrected chi connectivity index (χ4v) is 3.97. The summed E-state index contributed by atoms with van der Waals surface area (Å²) < 4.78 is 56.6. The average Bonchev–Trinajstić information content (AvgIpc) is 2.92. The van der Waals surface area contributed by atoms with Gasteiger partial charge in [-0.2, -0.15) is 18.3 Å². The van der Waals surface area contributed by atoms with Crippen LogP contribution in [0.15, 0.2) is 46.4 Å². The number of aromatic amines is 1. The Morgan fingerprint density at radius 3 is 2.15 bits per heavy atom. The van der Waals surface area contributed by atoms with Gasteiger partial charge in [0.2, 0.25) is 0 Å². The van der Waals surface area contributed by atoms with Crippen molar-refractivity contribution < 1.29 is 22.3 Å². The van der Waals surface area contributed by atoms with Crippen LogP contribution in [0.4, 0.5) is 29.1 Å². The third-order valence-corrected chi connectivity index (χ3v) is 6.08. The Morgan fingerprint density at radius 1 is 1.02 bits per heavy atom. The van der Waals surface area contributed by atoms with Crippen LogP contribution in [0.2, 0.25) is 0 Å². The normalized spacial score (nSPS) is 13.1. The first-order valence-electron chi connectivity index (χ1n) is 12.3. The van der Waals surface area contributed by atoms with Crippen LogP contribution < -0.4 is 27.3 Å². The molecule has 14 heteroatoms. The van der Waals surface area contributed by atoms with Gasteiger partial charge in [0.15, 0.2) is 17.4 Å². The van der Waals surface area contributed by atoms with Crippen molar-refractivity contribution in [3.05, 3.63) is 68.9 Å². The van der Waals surface area contributed by atoms with E-state index in [1.54, 1.807) is 24.4 Å². The molecule has 0 bridgehead atoms. The number of benzene rings is 1. The van der Waals surface area contributed by atoms with Gasteiger partial charge >= 0.3 is 6.18 Å². The average molecular weight is 564 g/mol. The molecule has 5 N–H and O–H groups in total. The van der Waals surface area contributed by atoms with Crippen LogP contribution >= 0.6 is 0 Å². The summed E-state index contributed by atoms with van der Waals surface area (Å²) in [5, 5.41) is 5.64. The van der Waals surface area contributed by atoms with Gasteiger partial charge < -0.3 is 20.8 Å². The molecule has 1 aromatic carbocycles. The summed E-state index contributed by atoms with van der Waals surface area (Å²) in [6, 6.07) is 4.46. The number of anilines is 2. The number of alkyl halides is 3. The summed E-state index contributed by atoms with van der Waals surface area (Å²) in [4.78, 5) is 30.7. The zero-order valence-electron chi connectivity index (χ0n) is 21.9. The van der Waals surface area contributed by atoms with E-state index in [9.17, 15) is 27.2 Å². The fourth-order valence-electron chi connectivity index (χ4n) is 3.97. The first-order chi connectivity index (χ1) is 18.9. The van der Waals surface area contributed by atoms with Gasteiger partial charge in [-0.05, 0) is 23.6 Å². The molecule has 1 aliphatic rings. The lowest BCUT2D eigenvalue weighted by Crippen LogP contribution is -2.24. The number of halogens is 4. The summed E-state index contributed by atoms with van der Waals surface area (Å²) in [6.45, 7) is 0. The van der Waals surface area contributed by atoms with Gasteiger partial charge in [0.1, 0.15) is 11.4 Å². The standard InChI is InChI=1S/C15H13FN4O2.C6H12.C5H4F3N3O/c1-20-4-3-8-5-10(11(16)6-9(8)15(20)21)14-18-7-12(22-2)13(17)19-14;1-2-4-6-5-3-1;6-5(7,8)3-2(9)1-10-11-4(3)12/h3-7H,1-2H3,(H2,17,18,19);1-6H2;1H,(H3,9,11,12). The Bertz CT molecular complexity index is 1570. The van der Waals surface area contributed by atoms with E-state index in [0.717, 1.165) is 6.20 Å². The topological polar surface area (TPSA) is 155 Å². The van der Waals surface area contributed by atoms with Crippen LogP contribution in [-0.2, 0) is 13.2 Å². The molecule has 1 saturated carbocycles. The van der Waals surface area contributed by atoms with E-state index >= 15 is 0 Å². The van der Waals surface area contributed by atoms with Crippen LogP contribution in [0.25, 0.3) is 22.2 Å². The van der Waals surface area contributed by atoms with Gasteiger partial charge in [0, 0.05) is 13.2 Å². The van der Waals surface area contributed by atoms with Crippen LogP contribution in [0, 0.1) is 5.82 Å². The minimum absolute atomic E-state index is 0.121. The van der Waals surface area contributed by atoms with E-state index in [1.807, 2.05) is 0 Å². The van der Waals surface area contributed by atoms with Crippen LogP contribution in [0.1, 0.15) is 44.1 Å². The molecule has 0 saturated heterocycles. The molecular formula is C26H29F4N7O3. The highest BCUT2D eigenvalue weighted by Crippen LogP contribution is 2.29. The number of aromatic nitrogens is 5. The number of nitrogen functional groups attached to an aromatic ring is 2. The predicted octanol–water partition coefficient (Wildman–Crippen LogP) is 4.44. The molecule has 4 aromatic rings. The maximum absolute atomic E-state index is 14.3. The zero-order valence-corrected chi connectivity index (χ0v) is 21.9. The quantitative estimate of drug-likeness (QED) is 0.303. The molecule has 5 rings (SSSR count). The van der Waals surface area contributed by atoms with E-state index < -0.39 is 28.8 Å². The highest BCUT2D eigenvalue weighted by molar-refractivity contribution is 5.86. The van der Waals surface area contributed by atoms with E-state index in [0.29, 0.717) is 16.5 Å². The van der Waals surface area contributed by atoms with Crippen molar-refractivity contribution in [1.82, 2.24) is 24.7 Å². The molecular weight excluding hydrogens is 534 g/mol. The van der Waals surface area contributed by atoms with Crippen molar-refractivity contribution >= 4 is 22.3 Å². The van der Waals surface area contributed by atoms with Gasteiger partial charge in [-0.1, -0.05) is 38.5 Å². The molecule has 10 nitrogen and oxygen atoms in total. The molecule has 0 aliphatic heterocycles. The van der Waals surface area contributed by atoms with Crippen molar-refractivity contribution in [2.75, 3.05) is 18.6 Å². The Labute approximate surface area is 226 Å². The molecule has 0 unspecified atom stereocenters. The highest BCUT2D eigenvalue weighted by Gasteiger charge is 2.36. The molecule has 0 atom stereocenters. The van der Waals surface area contributed by atoms with E-state index in [1.165, 1.54) is 68.5 Å². The first kappa shape index (κ1) is 30.1. The Kier molecular flexibility index (Phi) is 9.80. The predicted molar refractivity (Wildman–Crippen MR) is 143 cm³/mol. The Balaban J connectivity index is 0.000000204. The van der Waals surface area contributed by atoms with Gasteiger partial charge in [0.25, 0.3) is 11.1 Å². The van der Waals surface area contributed by atoms with Crippen molar-refractivity contribution in [2.24, 2.45) is 7.05 Å². The molecule has 1 aliphatic carbocycles. The fraction of sp³-hybridized carbons (Fsp3) is 0.346. The lowest BCUT2D eigenvalue weighted by molar-refractivity contribution is -0.138. The summed E-state index contributed by atoms with van der Waals surface area (Å²) in [5.41, 5.74) is 7.13. The molecule has 214 valence electrons. The van der Waals surface area contributed by atoms with Crippen LogP contribution in [0.5, 0.6) is 5.75 Å². The maximum atomic E-state index is 14.3. The van der Waals surface area contributed by atoms with E-state index in [-0.39, 0.29) is 22.8 Å². The number of nitrogens with zero attached hydrogens (tertiary/aromatic N) is 4. The second kappa shape index (κ2) is 13.0. The number of hydrogen-bond acceptors (Lipinski definition) is 8. The Hall–Kier alpha value is -4.49. The van der Waals surface area contributed by atoms with Gasteiger partial charge in [-0.25, -0.2) is 19.5 Å². The monoisotopic (exact) mass is 563 g/mol. The van der Waals surface area contributed by atoms with Gasteiger partial charge in [0.05, 0.1) is 36.1 Å². The number of methoxy groups -OCH3 is 1. The number of aryl methyl sites for hydroxylation is 1. The summed E-state index contributed by atoms with van der Waals surface area (Å²) in [6.07, 6.45) is 8.01. The maximum Gasteiger partial charge on any atom is 0.423 e. The minimum Gasteiger partial charge on any atom is -0.491 e. The minimum atomic E-state index is -4.74. The number of fused-ring (bicyclic) bond motifs is 1. The third-order valence-electron chi connectivity index (χ3n) is 6.08. The molecule has 3 heterocycles.